The third-order valence-electron chi connectivity index (χ3n) is 3.40. The van der Waals surface area contributed by atoms with E-state index in [-0.39, 0.29) is 36.1 Å². The number of hydrogen-bond acceptors (Lipinski definition) is 2. The topological polar surface area (TPSA) is 47.9 Å². The second-order valence-electron chi connectivity index (χ2n) is 5.44. The number of hydrogen-bond donors (Lipinski definition) is 2. The van der Waals surface area contributed by atoms with Gasteiger partial charge in [0.2, 0.25) is 0 Å². The Morgan fingerprint density at radius 3 is 2.38 bits per heavy atom. The number of aliphatic imine (C=N–C) groups is 1. The quantitative estimate of drug-likeness (QED) is 0.424. The highest BCUT2D eigenvalue weighted by atomic mass is 127. The van der Waals surface area contributed by atoms with Crippen molar-refractivity contribution in [3.8, 4) is 0 Å². The Kier molecular flexibility index (Phi) is 8.70. The summed E-state index contributed by atoms with van der Waals surface area (Å²) < 4.78 is 13.7. The molecule has 0 aliphatic rings. The first kappa shape index (κ1) is 20.4. The van der Waals surface area contributed by atoms with Crippen molar-refractivity contribution >= 4 is 29.9 Å². The van der Waals surface area contributed by atoms with Crippen LogP contribution in [0.25, 0.3) is 0 Å². The molecule has 24 heavy (non-hydrogen) atoms. The fourth-order valence-corrected chi connectivity index (χ4v) is 2.15. The normalized spacial score (nSPS) is 12.2. The Bertz CT molecular complexity index is 650. The van der Waals surface area contributed by atoms with Crippen LogP contribution in [0.3, 0.4) is 0 Å². The number of rotatable bonds is 5. The van der Waals surface area contributed by atoms with Gasteiger partial charge in [-0.25, -0.2) is 9.38 Å². The Morgan fingerprint density at radius 1 is 1.12 bits per heavy atom. The van der Waals surface area contributed by atoms with Crippen LogP contribution in [0, 0.1) is 5.82 Å². The Labute approximate surface area is 159 Å². The molecule has 0 aliphatic heterocycles. The molecule has 1 unspecified atom stereocenters. The van der Waals surface area contributed by atoms with Crippen LogP contribution in [0.2, 0.25) is 0 Å². The van der Waals surface area contributed by atoms with Gasteiger partial charge in [0, 0.05) is 26.2 Å². The maximum Gasteiger partial charge on any atom is 0.193 e. The Balaban J connectivity index is 0.00000288. The first-order chi connectivity index (χ1) is 11.1. The van der Waals surface area contributed by atoms with Crippen LogP contribution in [0.5, 0.6) is 0 Å². The van der Waals surface area contributed by atoms with Crippen LogP contribution < -0.4 is 5.32 Å². The van der Waals surface area contributed by atoms with Gasteiger partial charge in [-0.05, 0) is 11.6 Å². The summed E-state index contributed by atoms with van der Waals surface area (Å²) in [7, 11) is 3.73. The van der Waals surface area contributed by atoms with Crippen molar-refractivity contribution < 1.29 is 9.50 Å². The van der Waals surface area contributed by atoms with Crippen molar-refractivity contribution in [1.82, 2.24) is 10.2 Å². The monoisotopic (exact) mass is 443 g/mol. The number of halogens is 2. The lowest BCUT2D eigenvalue weighted by atomic mass is 10.1. The zero-order valence-corrected chi connectivity index (χ0v) is 16.1. The largest absolute Gasteiger partial charge is 0.386 e. The lowest BCUT2D eigenvalue weighted by Gasteiger charge is -2.20. The van der Waals surface area contributed by atoms with Crippen molar-refractivity contribution in [3.63, 3.8) is 0 Å². The van der Waals surface area contributed by atoms with E-state index in [0.717, 1.165) is 5.56 Å². The summed E-state index contributed by atoms with van der Waals surface area (Å²) in [4.78, 5) is 6.34. The fraction of sp³-hybridized carbons (Fsp3) is 0.278. The van der Waals surface area contributed by atoms with E-state index < -0.39 is 11.9 Å². The zero-order chi connectivity index (χ0) is 16.7. The van der Waals surface area contributed by atoms with Crippen LogP contribution in [0.15, 0.2) is 59.6 Å². The van der Waals surface area contributed by atoms with E-state index in [4.69, 9.17) is 0 Å². The maximum atomic E-state index is 13.7. The van der Waals surface area contributed by atoms with Crippen LogP contribution in [-0.4, -0.2) is 36.6 Å². The van der Waals surface area contributed by atoms with Gasteiger partial charge in [-0.15, -0.1) is 24.0 Å². The fourth-order valence-electron chi connectivity index (χ4n) is 2.15. The summed E-state index contributed by atoms with van der Waals surface area (Å²) in [6.07, 6.45) is -0.932. The van der Waals surface area contributed by atoms with Gasteiger partial charge in [0.25, 0.3) is 0 Å². The first-order valence-corrected chi connectivity index (χ1v) is 7.50. The molecule has 1 atom stereocenters. The molecular weight excluding hydrogens is 420 g/mol. The molecule has 2 rings (SSSR count). The summed E-state index contributed by atoms with van der Waals surface area (Å²) >= 11 is 0. The van der Waals surface area contributed by atoms with Gasteiger partial charge in [-0.1, -0.05) is 48.5 Å². The number of aliphatic hydroxyl groups excluding tert-OH is 1. The van der Waals surface area contributed by atoms with E-state index in [0.29, 0.717) is 12.5 Å². The molecule has 0 radical (unpaired) electrons. The molecule has 0 aromatic heterocycles. The second kappa shape index (κ2) is 10.2. The highest BCUT2D eigenvalue weighted by Gasteiger charge is 2.13. The van der Waals surface area contributed by atoms with Crippen molar-refractivity contribution in [2.75, 3.05) is 20.6 Å². The lowest BCUT2D eigenvalue weighted by molar-refractivity contribution is 0.175. The third-order valence-corrected chi connectivity index (χ3v) is 3.40. The molecule has 0 heterocycles. The summed E-state index contributed by atoms with van der Waals surface area (Å²) in [6, 6.07) is 16.1. The molecule has 2 aromatic rings. The molecule has 2 aromatic carbocycles. The van der Waals surface area contributed by atoms with Gasteiger partial charge >= 0.3 is 0 Å². The first-order valence-electron chi connectivity index (χ1n) is 7.50. The number of aliphatic hydroxyl groups is 1. The molecule has 130 valence electrons. The molecule has 0 spiro atoms. The minimum Gasteiger partial charge on any atom is -0.386 e. The molecule has 2 N–H and O–H groups in total. The molecule has 0 saturated heterocycles. The van der Waals surface area contributed by atoms with Crippen molar-refractivity contribution in [2.24, 2.45) is 4.99 Å². The highest BCUT2D eigenvalue weighted by molar-refractivity contribution is 14.0. The van der Waals surface area contributed by atoms with Crippen molar-refractivity contribution in [3.05, 3.63) is 71.5 Å². The minimum absolute atomic E-state index is 0. The van der Waals surface area contributed by atoms with Gasteiger partial charge in [-0.2, -0.15) is 0 Å². The number of benzene rings is 2. The molecule has 0 amide bonds. The van der Waals surface area contributed by atoms with E-state index in [9.17, 15) is 9.50 Å². The second-order valence-corrected chi connectivity index (χ2v) is 5.44. The minimum atomic E-state index is -0.932. The summed E-state index contributed by atoms with van der Waals surface area (Å²) in [5, 5.41) is 13.2. The van der Waals surface area contributed by atoms with Crippen LogP contribution in [0.4, 0.5) is 4.39 Å². The number of nitrogens with zero attached hydrogens (tertiary/aromatic N) is 2. The van der Waals surface area contributed by atoms with Gasteiger partial charge < -0.3 is 15.3 Å². The number of guanidine groups is 1. The van der Waals surface area contributed by atoms with Gasteiger partial charge in [0.1, 0.15) is 5.82 Å². The average Bonchev–Trinajstić information content (AvgIpc) is 2.55. The number of nitrogens with one attached hydrogen (secondary N) is 1. The van der Waals surface area contributed by atoms with E-state index in [1.807, 2.05) is 49.3 Å². The third kappa shape index (κ3) is 6.09. The van der Waals surface area contributed by atoms with Crippen molar-refractivity contribution in [2.45, 2.75) is 12.6 Å². The smallest absolute Gasteiger partial charge is 0.193 e. The predicted molar refractivity (Wildman–Crippen MR) is 106 cm³/mol. The van der Waals surface area contributed by atoms with Gasteiger partial charge in [-0.3, -0.25) is 0 Å². The van der Waals surface area contributed by atoms with Crippen LogP contribution in [0.1, 0.15) is 17.2 Å². The highest BCUT2D eigenvalue weighted by Crippen LogP contribution is 2.15. The van der Waals surface area contributed by atoms with Crippen LogP contribution >= 0.6 is 24.0 Å². The van der Waals surface area contributed by atoms with E-state index in [1.54, 1.807) is 18.2 Å². The van der Waals surface area contributed by atoms with Gasteiger partial charge in [0.15, 0.2) is 5.96 Å². The Hall–Kier alpha value is -1.67. The molecule has 4 nitrogen and oxygen atoms in total. The molecule has 0 aliphatic carbocycles. The summed E-state index contributed by atoms with van der Waals surface area (Å²) in [6.45, 7) is 0.726. The molecule has 0 bridgehead atoms. The average molecular weight is 443 g/mol. The molecular formula is C18H23FIN3O. The molecule has 0 fully saturated rings. The van der Waals surface area contributed by atoms with Gasteiger partial charge in [0.05, 0.1) is 12.6 Å². The van der Waals surface area contributed by atoms with E-state index in [1.165, 1.54) is 6.07 Å². The predicted octanol–water partition coefficient (Wildman–Crippen LogP) is 3.18. The maximum absolute atomic E-state index is 13.7. The van der Waals surface area contributed by atoms with E-state index >= 15 is 0 Å². The molecule has 0 saturated carbocycles. The van der Waals surface area contributed by atoms with E-state index in [2.05, 4.69) is 10.3 Å². The summed E-state index contributed by atoms with van der Waals surface area (Å²) in [5.41, 5.74) is 1.38. The van der Waals surface area contributed by atoms with Crippen LogP contribution in [-0.2, 0) is 6.54 Å². The lowest BCUT2D eigenvalue weighted by Crippen LogP contribution is -2.38. The van der Waals surface area contributed by atoms with Crippen molar-refractivity contribution in [1.29, 1.82) is 0 Å². The summed E-state index contributed by atoms with van der Waals surface area (Å²) in [5.74, 6) is 0.235. The molecule has 6 heteroatoms. The zero-order valence-electron chi connectivity index (χ0n) is 13.8. The SMILES string of the molecule is CN(C)C(=NCc1ccccc1)NCC(O)c1ccccc1F.I. The Morgan fingerprint density at radius 2 is 1.75 bits per heavy atom. The standard InChI is InChI=1S/C18H22FN3O.HI/c1-22(2)18(20-12-14-8-4-3-5-9-14)21-13-17(23)15-10-6-7-11-16(15)19;/h3-11,17,23H,12-13H2,1-2H3,(H,20,21);1H.